The molecule has 1 aromatic carbocycles. The molecule has 1 aliphatic rings. The van der Waals surface area contributed by atoms with Crippen molar-refractivity contribution in [2.24, 2.45) is 5.92 Å². The van der Waals surface area contributed by atoms with Gasteiger partial charge in [-0.05, 0) is 43.0 Å². The smallest absolute Gasteiger partial charge is 0.137 e. The molecule has 1 aromatic heterocycles. The summed E-state index contributed by atoms with van der Waals surface area (Å²) in [5.74, 6) is 1.57. The van der Waals surface area contributed by atoms with Gasteiger partial charge in [0.05, 0.1) is 0 Å². The number of carbonyl (C=O) groups excluding carboxylic acids is 1. The van der Waals surface area contributed by atoms with Crippen molar-refractivity contribution in [3.63, 3.8) is 0 Å². The molecule has 1 unspecified atom stereocenters. The highest BCUT2D eigenvalue weighted by atomic mass is 16.1. The lowest BCUT2D eigenvalue weighted by Gasteiger charge is -2.32. The number of piperidine rings is 1. The maximum atomic E-state index is 12.6. The number of rotatable bonds is 7. The average molecular weight is 351 g/mol. The van der Waals surface area contributed by atoms with Gasteiger partial charge in [-0.3, -0.25) is 9.69 Å². The lowest BCUT2D eigenvalue weighted by Crippen LogP contribution is -2.38. The molecule has 0 amide bonds. The SMILES string of the molecule is CN(C)c1ccc(CN2CCCC(C(=O)CCc3ccccc3)C2)cn1. The molecule has 2 heterocycles. The van der Waals surface area contributed by atoms with E-state index < -0.39 is 0 Å². The summed E-state index contributed by atoms with van der Waals surface area (Å²) in [6, 6.07) is 14.5. The Morgan fingerprint density at radius 3 is 2.65 bits per heavy atom. The summed E-state index contributed by atoms with van der Waals surface area (Å²) in [7, 11) is 4.00. The Balaban J connectivity index is 1.51. The van der Waals surface area contributed by atoms with Crippen LogP contribution >= 0.6 is 0 Å². The Bertz CT molecular complexity index is 697. The van der Waals surface area contributed by atoms with Crippen LogP contribution in [-0.2, 0) is 17.8 Å². The zero-order valence-electron chi connectivity index (χ0n) is 15.9. The van der Waals surface area contributed by atoms with Crippen LogP contribution in [0.3, 0.4) is 0 Å². The number of benzene rings is 1. The van der Waals surface area contributed by atoms with Crippen LogP contribution in [0.25, 0.3) is 0 Å². The van der Waals surface area contributed by atoms with Crippen LogP contribution in [0, 0.1) is 5.92 Å². The number of ketones is 1. The normalized spacial score (nSPS) is 17.8. The third-order valence-electron chi connectivity index (χ3n) is 5.14. The lowest BCUT2D eigenvalue weighted by atomic mass is 9.90. The van der Waals surface area contributed by atoms with Gasteiger partial charge in [-0.25, -0.2) is 4.98 Å². The molecule has 3 rings (SSSR count). The fourth-order valence-corrected chi connectivity index (χ4v) is 3.61. The number of pyridine rings is 1. The van der Waals surface area contributed by atoms with E-state index in [1.807, 2.05) is 43.4 Å². The standard InChI is InChI=1S/C22H29N3O/c1-24(2)22-13-11-19(15-23-22)16-25-14-6-9-20(17-25)21(26)12-10-18-7-4-3-5-8-18/h3-5,7-8,11,13,15,20H,6,9-10,12,14,16-17H2,1-2H3. The van der Waals surface area contributed by atoms with Crippen molar-refractivity contribution >= 4 is 11.6 Å². The summed E-state index contributed by atoms with van der Waals surface area (Å²) in [4.78, 5) is 21.5. The van der Waals surface area contributed by atoms with Crippen LogP contribution in [0.5, 0.6) is 0 Å². The van der Waals surface area contributed by atoms with Gasteiger partial charge in [-0.1, -0.05) is 36.4 Å². The summed E-state index contributed by atoms with van der Waals surface area (Å²) in [6.45, 7) is 2.82. The Labute approximate surface area is 156 Å². The van der Waals surface area contributed by atoms with E-state index >= 15 is 0 Å². The predicted octanol–water partition coefficient (Wildman–Crippen LogP) is 3.56. The van der Waals surface area contributed by atoms with Crippen LogP contribution in [-0.4, -0.2) is 42.9 Å². The van der Waals surface area contributed by atoms with Gasteiger partial charge in [0.25, 0.3) is 0 Å². The largest absolute Gasteiger partial charge is 0.363 e. The summed E-state index contributed by atoms with van der Waals surface area (Å²) < 4.78 is 0. The number of likely N-dealkylation sites (tertiary alicyclic amines) is 1. The molecule has 0 radical (unpaired) electrons. The van der Waals surface area contributed by atoms with Crippen LogP contribution in [0.1, 0.15) is 30.4 Å². The summed E-state index contributed by atoms with van der Waals surface area (Å²) in [5, 5.41) is 0. The molecule has 4 heteroatoms. The quantitative estimate of drug-likeness (QED) is 0.764. The number of hydrogen-bond donors (Lipinski definition) is 0. The van der Waals surface area contributed by atoms with Gasteiger partial charge >= 0.3 is 0 Å². The first kappa shape index (κ1) is 18.6. The van der Waals surface area contributed by atoms with Gasteiger partial charge in [0.2, 0.25) is 0 Å². The highest BCUT2D eigenvalue weighted by Gasteiger charge is 2.25. The van der Waals surface area contributed by atoms with Crippen LogP contribution < -0.4 is 4.90 Å². The summed E-state index contributed by atoms with van der Waals surface area (Å²) in [6.07, 6.45) is 5.59. The Hall–Kier alpha value is -2.20. The molecule has 0 saturated carbocycles. The third-order valence-corrected chi connectivity index (χ3v) is 5.14. The predicted molar refractivity (Wildman–Crippen MR) is 106 cm³/mol. The Morgan fingerprint density at radius 2 is 1.96 bits per heavy atom. The summed E-state index contributed by atoms with van der Waals surface area (Å²) in [5.41, 5.74) is 2.47. The van der Waals surface area contributed by atoms with Crippen molar-refractivity contribution < 1.29 is 4.79 Å². The van der Waals surface area contributed by atoms with Gasteiger partial charge < -0.3 is 4.90 Å². The van der Waals surface area contributed by atoms with E-state index in [1.165, 1.54) is 11.1 Å². The number of carbonyl (C=O) groups is 1. The van der Waals surface area contributed by atoms with E-state index in [1.54, 1.807) is 0 Å². The highest BCUT2D eigenvalue weighted by Crippen LogP contribution is 2.21. The second-order valence-electron chi connectivity index (χ2n) is 7.45. The molecular formula is C22H29N3O. The molecule has 0 bridgehead atoms. The topological polar surface area (TPSA) is 36.4 Å². The maximum absolute atomic E-state index is 12.6. The molecule has 1 fully saturated rings. The number of aryl methyl sites for hydroxylation is 1. The maximum Gasteiger partial charge on any atom is 0.137 e. The number of aromatic nitrogens is 1. The Kier molecular flexibility index (Phi) is 6.40. The van der Waals surface area contributed by atoms with Crippen molar-refractivity contribution in [2.45, 2.75) is 32.2 Å². The van der Waals surface area contributed by atoms with Crippen molar-refractivity contribution in [3.05, 3.63) is 59.8 Å². The monoisotopic (exact) mass is 351 g/mol. The number of nitrogens with zero attached hydrogens (tertiary/aromatic N) is 3. The van der Waals surface area contributed by atoms with Gasteiger partial charge in [-0.15, -0.1) is 0 Å². The lowest BCUT2D eigenvalue weighted by molar-refractivity contribution is -0.124. The minimum Gasteiger partial charge on any atom is -0.363 e. The van der Waals surface area contributed by atoms with Gasteiger partial charge in [0, 0.05) is 45.7 Å². The average Bonchev–Trinajstić information content (AvgIpc) is 2.67. The summed E-state index contributed by atoms with van der Waals surface area (Å²) >= 11 is 0. The highest BCUT2D eigenvalue weighted by molar-refractivity contribution is 5.81. The van der Waals surface area contributed by atoms with Gasteiger partial charge in [-0.2, -0.15) is 0 Å². The van der Waals surface area contributed by atoms with E-state index in [0.717, 1.165) is 44.7 Å². The molecule has 138 valence electrons. The zero-order chi connectivity index (χ0) is 18.4. The Morgan fingerprint density at radius 1 is 1.15 bits per heavy atom. The third kappa shape index (κ3) is 5.15. The first-order chi connectivity index (χ1) is 12.6. The first-order valence-electron chi connectivity index (χ1n) is 9.53. The molecule has 1 atom stereocenters. The zero-order valence-corrected chi connectivity index (χ0v) is 15.9. The molecule has 0 N–H and O–H groups in total. The fourth-order valence-electron chi connectivity index (χ4n) is 3.61. The van der Waals surface area contributed by atoms with Crippen molar-refractivity contribution in [1.29, 1.82) is 0 Å². The fraction of sp³-hybridized carbons (Fsp3) is 0.455. The van der Waals surface area contributed by atoms with Crippen molar-refractivity contribution in [2.75, 3.05) is 32.1 Å². The second-order valence-corrected chi connectivity index (χ2v) is 7.45. The van der Waals surface area contributed by atoms with Crippen LogP contribution in [0.2, 0.25) is 0 Å². The molecule has 4 nitrogen and oxygen atoms in total. The van der Waals surface area contributed by atoms with Crippen molar-refractivity contribution in [3.8, 4) is 0 Å². The van der Waals surface area contributed by atoms with Gasteiger partial charge in [0.15, 0.2) is 0 Å². The van der Waals surface area contributed by atoms with E-state index in [-0.39, 0.29) is 5.92 Å². The van der Waals surface area contributed by atoms with E-state index in [0.29, 0.717) is 12.2 Å². The number of hydrogen-bond acceptors (Lipinski definition) is 4. The number of Topliss-reactive ketones (excluding diaryl/α,β-unsaturated/α-hetero) is 1. The van der Waals surface area contributed by atoms with E-state index in [9.17, 15) is 4.79 Å². The molecule has 1 aliphatic heterocycles. The molecule has 1 saturated heterocycles. The molecular weight excluding hydrogens is 322 g/mol. The van der Waals surface area contributed by atoms with E-state index in [4.69, 9.17) is 0 Å². The minimum absolute atomic E-state index is 0.182. The first-order valence-corrected chi connectivity index (χ1v) is 9.53. The van der Waals surface area contributed by atoms with Crippen LogP contribution in [0.4, 0.5) is 5.82 Å². The second kappa shape index (κ2) is 8.95. The minimum atomic E-state index is 0.182. The molecule has 0 spiro atoms. The number of anilines is 1. The molecule has 0 aliphatic carbocycles. The van der Waals surface area contributed by atoms with E-state index in [2.05, 4.69) is 34.1 Å². The molecule has 2 aromatic rings. The van der Waals surface area contributed by atoms with Crippen LogP contribution in [0.15, 0.2) is 48.7 Å². The van der Waals surface area contributed by atoms with Crippen molar-refractivity contribution in [1.82, 2.24) is 9.88 Å². The van der Waals surface area contributed by atoms with Gasteiger partial charge in [0.1, 0.15) is 11.6 Å². The molecule has 26 heavy (non-hydrogen) atoms.